The maximum absolute atomic E-state index is 12.7. The highest BCUT2D eigenvalue weighted by Gasteiger charge is 2.35. The van der Waals surface area contributed by atoms with Crippen LogP contribution in [-0.4, -0.2) is 55.6 Å². The maximum atomic E-state index is 12.7. The van der Waals surface area contributed by atoms with Gasteiger partial charge in [0.1, 0.15) is 6.33 Å². The molecule has 2 aliphatic rings. The van der Waals surface area contributed by atoms with E-state index in [1.807, 2.05) is 18.7 Å². The van der Waals surface area contributed by atoms with Crippen LogP contribution in [0.25, 0.3) is 5.78 Å². The zero-order valence-corrected chi connectivity index (χ0v) is 16.6. The first-order valence-electron chi connectivity index (χ1n) is 10.2. The maximum Gasteiger partial charge on any atom is 0.310 e. The third-order valence-corrected chi connectivity index (χ3v) is 6.23. The third-order valence-electron chi connectivity index (χ3n) is 6.23. The lowest BCUT2D eigenvalue weighted by molar-refractivity contribution is -0.154. The summed E-state index contributed by atoms with van der Waals surface area (Å²) in [4.78, 5) is 35.5. The van der Waals surface area contributed by atoms with Gasteiger partial charge in [0.05, 0.1) is 6.42 Å². The fourth-order valence-corrected chi connectivity index (χ4v) is 4.77. The lowest BCUT2D eigenvalue weighted by Gasteiger charge is -2.44. The molecule has 1 saturated heterocycles. The van der Waals surface area contributed by atoms with Crippen molar-refractivity contribution >= 4 is 17.7 Å². The van der Waals surface area contributed by atoms with E-state index in [-0.39, 0.29) is 18.9 Å². The molecule has 0 radical (unpaired) electrons. The Bertz CT molecular complexity index is 891. The largest absolute Gasteiger partial charge is 0.455 e. The van der Waals surface area contributed by atoms with Crippen LogP contribution in [0.1, 0.15) is 55.5 Å². The molecule has 0 spiro atoms. The van der Waals surface area contributed by atoms with Crippen molar-refractivity contribution in [1.29, 1.82) is 0 Å². The van der Waals surface area contributed by atoms with Crippen molar-refractivity contribution in [3.05, 3.63) is 23.3 Å². The zero-order chi connectivity index (χ0) is 19.7. The van der Waals surface area contributed by atoms with Crippen molar-refractivity contribution in [2.24, 2.45) is 5.92 Å². The molecule has 2 fully saturated rings. The molecule has 2 aromatic rings. The topological polar surface area (TPSA) is 89.7 Å². The molecule has 0 N–H and O–H groups in total. The van der Waals surface area contributed by atoms with Crippen LogP contribution in [0, 0.1) is 19.8 Å². The summed E-state index contributed by atoms with van der Waals surface area (Å²) in [5.74, 6) is 0.642. The number of nitrogens with zero attached hydrogens (tertiary/aromatic N) is 5. The number of aryl methyl sites for hydroxylation is 2. The molecule has 1 aliphatic heterocycles. The molecule has 1 saturated carbocycles. The Morgan fingerprint density at radius 1 is 1.18 bits per heavy atom. The standard InChI is InChI=1S/C20H27N5O3/c1-13-16(14(2)25-20(23-13)21-12-22-25)10-19(27)28-11-18(26)24-9-5-7-15-6-3-4-8-17(15)24/h12,15,17H,3-11H2,1-2H3/t15-,17+/m0/s1. The summed E-state index contributed by atoms with van der Waals surface area (Å²) in [6.45, 7) is 4.31. The van der Waals surface area contributed by atoms with Gasteiger partial charge in [-0.3, -0.25) is 9.59 Å². The molecule has 28 heavy (non-hydrogen) atoms. The van der Waals surface area contributed by atoms with Gasteiger partial charge in [-0.15, -0.1) is 0 Å². The minimum atomic E-state index is -0.419. The van der Waals surface area contributed by atoms with Crippen molar-refractivity contribution in [2.75, 3.05) is 13.2 Å². The monoisotopic (exact) mass is 385 g/mol. The van der Waals surface area contributed by atoms with Crippen LogP contribution in [0.4, 0.5) is 0 Å². The molecule has 0 unspecified atom stereocenters. The Balaban J connectivity index is 1.37. The number of carbonyl (C=O) groups is 2. The molecule has 8 heteroatoms. The van der Waals surface area contributed by atoms with Gasteiger partial charge in [-0.25, -0.2) is 9.50 Å². The van der Waals surface area contributed by atoms with Gasteiger partial charge in [0.2, 0.25) is 0 Å². The van der Waals surface area contributed by atoms with Gasteiger partial charge >= 0.3 is 5.97 Å². The van der Waals surface area contributed by atoms with Crippen molar-refractivity contribution in [1.82, 2.24) is 24.5 Å². The predicted molar refractivity (Wildman–Crippen MR) is 102 cm³/mol. The third kappa shape index (κ3) is 3.59. The first-order valence-corrected chi connectivity index (χ1v) is 10.2. The highest BCUT2D eigenvalue weighted by molar-refractivity contribution is 5.82. The van der Waals surface area contributed by atoms with Crippen molar-refractivity contribution in [3.63, 3.8) is 0 Å². The molecule has 0 bridgehead atoms. The Hall–Kier alpha value is -2.51. The van der Waals surface area contributed by atoms with E-state index in [1.54, 1.807) is 4.52 Å². The average molecular weight is 385 g/mol. The predicted octanol–water partition coefficient (Wildman–Crippen LogP) is 2.01. The van der Waals surface area contributed by atoms with Gasteiger partial charge in [-0.2, -0.15) is 10.1 Å². The molecule has 0 aromatic carbocycles. The summed E-state index contributed by atoms with van der Waals surface area (Å²) in [5.41, 5.74) is 2.30. The molecule has 4 rings (SSSR count). The van der Waals surface area contributed by atoms with Crippen LogP contribution < -0.4 is 0 Å². The quantitative estimate of drug-likeness (QED) is 0.748. The number of hydrogen-bond donors (Lipinski definition) is 0. The molecule has 2 aromatic heterocycles. The summed E-state index contributed by atoms with van der Waals surface area (Å²) in [6.07, 6.45) is 8.50. The van der Waals surface area contributed by atoms with E-state index < -0.39 is 5.97 Å². The van der Waals surface area contributed by atoms with Crippen LogP contribution in [0.15, 0.2) is 6.33 Å². The number of hydrogen-bond acceptors (Lipinski definition) is 6. The number of carbonyl (C=O) groups excluding carboxylic acids is 2. The normalized spacial score (nSPS) is 22.1. The average Bonchev–Trinajstić information content (AvgIpc) is 3.17. The number of piperidine rings is 1. The number of amides is 1. The van der Waals surface area contributed by atoms with E-state index in [1.165, 1.54) is 32.0 Å². The lowest BCUT2D eigenvalue weighted by atomic mass is 9.78. The molecule has 1 aliphatic carbocycles. The molecule has 1 amide bonds. The molecule has 8 nitrogen and oxygen atoms in total. The van der Waals surface area contributed by atoms with Gasteiger partial charge in [0.15, 0.2) is 6.61 Å². The molecule has 150 valence electrons. The highest BCUT2D eigenvalue weighted by Crippen LogP contribution is 2.35. The summed E-state index contributed by atoms with van der Waals surface area (Å²) in [7, 11) is 0. The molecular weight excluding hydrogens is 358 g/mol. The van der Waals surface area contributed by atoms with E-state index in [2.05, 4.69) is 15.1 Å². The van der Waals surface area contributed by atoms with Crippen LogP contribution in [0.2, 0.25) is 0 Å². The fraction of sp³-hybridized carbons (Fsp3) is 0.650. The van der Waals surface area contributed by atoms with Gasteiger partial charge < -0.3 is 9.64 Å². The number of likely N-dealkylation sites (tertiary alicyclic amines) is 1. The Morgan fingerprint density at radius 3 is 2.82 bits per heavy atom. The van der Waals surface area contributed by atoms with E-state index >= 15 is 0 Å². The van der Waals surface area contributed by atoms with Crippen molar-refractivity contribution in [3.8, 4) is 0 Å². The SMILES string of the molecule is Cc1nc2ncnn2c(C)c1CC(=O)OCC(=O)N1CCC[C@@H]2CCCC[C@H]21. The van der Waals surface area contributed by atoms with Gasteiger partial charge in [0, 0.05) is 29.5 Å². The second-order valence-corrected chi connectivity index (χ2v) is 7.91. The Labute approximate surface area is 164 Å². The number of fused-ring (bicyclic) bond motifs is 2. The van der Waals surface area contributed by atoms with Crippen LogP contribution >= 0.6 is 0 Å². The van der Waals surface area contributed by atoms with Gasteiger partial charge in [-0.05, 0) is 45.4 Å². The molecule has 2 atom stereocenters. The van der Waals surface area contributed by atoms with E-state index in [9.17, 15) is 9.59 Å². The first-order chi connectivity index (χ1) is 13.5. The summed E-state index contributed by atoms with van der Waals surface area (Å²) < 4.78 is 6.95. The van der Waals surface area contributed by atoms with Gasteiger partial charge in [0.25, 0.3) is 11.7 Å². The van der Waals surface area contributed by atoms with E-state index in [0.29, 0.717) is 17.7 Å². The van der Waals surface area contributed by atoms with E-state index in [4.69, 9.17) is 4.74 Å². The summed E-state index contributed by atoms with van der Waals surface area (Å²) >= 11 is 0. The minimum absolute atomic E-state index is 0.0664. The molecule has 3 heterocycles. The number of ether oxygens (including phenoxy) is 1. The lowest BCUT2D eigenvalue weighted by Crippen LogP contribution is -2.50. The number of rotatable bonds is 4. The summed E-state index contributed by atoms with van der Waals surface area (Å²) in [6, 6.07) is 0.331. The number of aromatic nitrogens is 4. The highest BCUT2D eigenvalue weighted by atomic mass is 16.5. The van der Waals surface area contributed by atoms with Crippen LogP contribution in [0.3, 0.4) is 0 Å². The van der Waals surface area contributed by atoms with Crippen molar-refractivity contribution in [2.45, 2.75) is 64.8 Å². The van der Waals surface area contributed by atoms with Crippen molar-refractivity contribution < 1.29 is 14.3 Å². The van der Waals surface area contributed by atoms with Crippen LogP contribution in [-0.2, 0) is 20.7 Å². The second-order valence-electron chi connectivity index (χ2n) is 7.91. The smallest absolute Gasteiger partial charge is 0.310 e. The minimum Gasteiger partial charge on any atom is -0.455 e. The molecular formula is C20H27N5O3. The first kappa shape index (κ1) is 18.8. The van der Waals surface area contributed by atoms with Gasteiger partial charge in [-0.1, -0.05) is 12.8 Å². The Morgan fingerprint density at radius 2 is 1.96 bits per heavy atom. The summed E-state index contributed by atoms with van der Waals surface area (Å²) in [5, 5.41) is 4.13. The van der Waals surface area contributed by atoms with E-state index in [0.717, 1.165) is 36.3 Å². The number of esters is 1. The second kappa shape index (κ2) is 7.85. The zero-order valence-electron chi connectivity index (χ0n) is 16.6. The van der Waals surface area contributed by atoms with Crippen LogP contribution in [0.5, 0.6) is 0 Å². The fourth-order valence-electron chi connectivity index (χ4n) is 4.77. The Kier molecular flexibility index (Phi) is 5.28.